The van der Waals surface area contributed by atoms with Crippen molar-refractivity contribution in [2.75, 3.05) is 6.54 Å². The lowest BCUT2D eigenvalue weighted by Gasteiger charge is -2.06. The van der Waals surface area contributed by atoms with E-state index in [0.717, 1.165) is 13.0 Å². The maximum absolute atomic E-state index is 3.70. The van der Waals surface area contributed by atoms with Gasteiger partial charge in [-0.3, -0.25) is 0 Å². The molecule has 1 N–H and O–H groups in total. The zero-order valence-electron chi connectivity index (χ0n) is 5.20. The van der Waals surface area contributed by atoms with Gasteiger partial charge in [-0.1, -0.05) is 13.8 Å². The molecule has 0 bridgehead atoms. The molecule has 0 aliphatic heterocycles. The molecule has 7 heavy (non-hydrogen) atoms. The molecule has 0 fully saturated rings. The van der Waals surface area contributed by atoms with Crippen LogP contribution in [-0.4, -0.2) is 12.6 Å². The summed E-state index contributed by atoms with van der Waals surface area (Å²) < 4.78 is 0. The second kappa shape index (κ2) is 4.13. The van der Waals surface area contributed by atoms with E-state index < -0.39 is 0 Å². The highest BCUT2D eigenvalue weighted by molar-refractivity contribution is 4.52. The molecule has 0 spiro atoms. The first-order valence-electron chi connectivity index (χ1n) is 2.80. The second-order valence-corrected chi connectivity index (χ2v) is 1.96. The van der Waals surface area contributed by atoms with Crippen molar-refractivity contribution in [1.29, 1.82) is 0 Å². The van der Waals surface area contributed by atoms with Gasteiger partial charge in [-0.25, -0.2) is 0 Å². The van der Waals surface area contributed by atoms with Gasteiger partial charge < -0.3 is 12.2 Å². The van der Waals surface area contributed by atoms with Crippen molar-refractivity contribution in [2.24, 2.45) is 0 Å². The molecule has 0 rings (SSSR count). The van der Waals surface area contributed by atoms with E-state index in [2.05, 4.69) is 26.1 Å². The van der Waals surface area contributed by atoms with Crippen LogP contribution in [-0.2, 0) is 0 Å². The maximum Gasteiger partial charge on any atom is 0.000927 e. The van der Waals surface area contributed by atoms with E-state index >= 15 is 0 Å². The van der Waals surface area contributed by atoms with Crippen LogP contribution in [0, 0.1) is 6.92 Å². The molecular formula is C6H14N-. The molecule has 1 heteroatoms. The van der Waals surface area contributed by atoms with Gasteiger partial charge in [-0.05, 0) is 6.54 Å². The predicted molar refractivity (Wildman–Crippen MR) is 33.1 cm³/mol. The summed E-state index contributed by atoms with van der Waals surface area (Å²) in [4.78, 5) is 0. The van der Waals surface area contributed by atoms with Crippen LogP contribution in [0.1, 0.15) is 20.3 Å². The molecular weight excluding hydrogens is 86.1 g/mol. The van der Waals surface area contributed by atoms with E-state index in [-0.39, 0.29) is 0 Å². The zero-order valence-corrected chi connectivity index (χ0v) is 5.20. The predicted octanol–water partition coefficient (Wildman–Crippen LogP) is 1.21. The van der Waals surface area contributed by atoms with Gasteiger partial charge in [-0.2, -0.15) is 6.42 Å². The van der Waals surface area contributed by atoms with E-state index in [1.54, 1.807) is 0 Å². The smallest absolute Gasteiger partial charge is 0.000927 e. The molecule has 0 radical (unpaired) electrons. The highest BCUT2D eigenvalue weighted by atomic mass is 14.9. The average Bonchev–Trinajstić information content (AvgIpc) is 1.61. The van der Waals surface area contributed by atoms with Gasteiger partial charge in [0, 0.05) is 6.04 Å². The van der Waals surface area contributed by atoms with Crippen molar-refractivity contribution in [3.8, 4) is 0 Å². The average molecular weight is 100 g/mol. The van der Waals surface area contributed by atoms with E-state index in [9.17, 15) is 0 Å². The number of nitrogens with one attached hydrogen (secondary N) is 1. The van der Waals surface area contributed by atoms with E-state index in [0.29, 0.717) is 6.04 Å². The van der Waals surface area contributed by atoms with Crippen molar-refractivity contribution < 1.29 is 0 Å². The van der Waals surface area contributed by atoms with Crippen LogP contribution < -0.4 is 5.32 Å². The Morgan fingerprint density at radius 3 is 2.29 bits per heavy atom. The van der Waals surface area contributed by atoms with Crippen molar-refractivity contribution >= 4 is 0 Å². The van der Waals surface area contributed by atoms with Crippen LogP contribution in [0.25, 0.3) is 0 Å². The van der Waals surface area contributed by atoms with Crippen LogP contribution in [0.4, 0.5) is 0 Å². The van der Waals surface area contributed by atoms with E-state index in [4.69, 9.17) is 0 Å². The second-order valence-electron chi connectivity index (χ2n) is 1.96. The minimum atomic E-state index is 0.613. The molecule has 44 valence electrons. The topological polar surface area (TPSA) is 12.0 Å². The lowest BCUT2D eigenvalue weighted by atomic mass is 10.4. The molecule has 0 aromatic heterocycles. The van der Waals surface area contributed by atoms with Crippen molar-refractivity contribution in [2.45, 2.75) is 26.3 Å². The minimum absolute atomic E-state index is 0.613. The minimum Gasteiger partial charge on any atom is -0.342 e. The summed E-state index contributed by atoms with van der Waals surface area (Å²) in [5, 5.41) is 3.23. The third kappa shape index (κ3) is 5.96. The van der Waals surface area contributed by atoms with Crippen molar-refractivity contribution in [1.82, 2.24) is 5.32 Å². The third-order valence-corrected chi connectivity index (χ3v) is 0.729. The summed E-state index contributed by atoms with van der Waals surface area (Å²) in [6.07, 6.45) is 0.984. The Morgan fingerprint density at radius 1 is 1.57 bits per heavy atom. The first-order valence-corrected chi connectivity index (χ1v) is 2.80. The summed E-state index contributed by atoms with van der Waals surface area (Å²) >= 11 is 0. The Labute approximate surface area is 46.1 Å². The summed E-state index contributed by atoms with van der Waals surface area (Å²) in [7, 11) is 0. The summed E-state index contributed by atoms with van der Waals surface area (Å²) in [5.74, 6) is 0. The normalized spacial score (nSPS) is 10.3. The van der Waals surface area contributed by atoms with Gasteiger partial charge >= 0.3 is 0 Å². The van der Waals surface area contributed by atoms with E-state index in [1.807, 2.05) is 0 Å². The standard InChI is InChI=1S/C6H14N/c1-4-5-7-6(2)3/h6-7H,1,4-5H2,2-3H3/q-1. The molecule has 0 saturated carbocycles. The van der Waals surface area contributed by atoms with Crippen molar-refractivity contribution in [3.05, 3.63) is 6.92 Å². The molecule has 0 unspecified atom stereocenters. The lowest BCUT2D eigenvalue weighted by Crippen LogP contribution is -2.22. The number of hydrogen-bond acceptors (Lipinski definition) is 1. The molecule has 0 heterocycles. The molecule has 1 nitrogen and oxygen atoms in total. The number of rotatable bonds is 3. The highest BCUT2D eigenvalue weighted by Gasteiger charge is 1.83. The monoisotopic (exact) mass is 100 g/mol. The Balaban J connectivity index is 2.68. The SMILES string of the molecule is [CH2-]CCNC(C)C. The van der Waals surface area contributed by atoms with Crippen molar-refractivity contribution in [3.63, 3.8) is 0 Å². The van der Waals surface area contributed by atoms with Gasteiger partial charge in [-0.15, -0.1) is 0 Å². The summed E-state index contributed by atoms with van der Waals surface area (Å²) in [6.45, 7) is 9.00. The van der Waals surface area contributed by atoms with Crippen LogP contribution in [0.3, 0.4) is 0 Å². The van der Waals surface area contributed by atoms with Crippen LogP contribution >= 0.6 is 0 Å². The van der Waals surface area contributed by atoms with Gasteiger partial charge in [0.15, 0.2) is 0 Å². The Hall–Kier alpha value is -0.0400. The molecule has 0 aromatic rings. The molecule has 0 aromatic carbocycles. The fraction of sp³-hybridized carbons (Fsp3) is 0.833. The van der Waals surface area contributed by atoms with Gasteiger partial charge in [0.2, 0.25) is 0 Å². The van der Waals surface area contributed by atoms with Gasteiger partial charge in [0.1, 0.15) is 0 Å². The molecule has 0 aliphatic carbocycles. The Bertz CT molecular complexity index is 33.2. The van der Waals surface area contributed by atoms with Crippen LogP contribution in [0.5, 0.6) is 0 Å². The van der Waals surface area contributed by atoms with Crippen LogP contribution in [0.2, 0.25) is 0 Å². The first-order chi connectivity index (χ1) is 3.27. The fourth-order valence-electron chi connectivity index (χ4n) is 0.391. The Morgan fingerprint density at radius 2 is 2.14 bits per heavy atom. The zero-order chi connectivity index (χ0) is 5.70. The molecule has 0 aliphatic rings. The quantitative estimate of drug-likeness (QED) is 0.526. The largest absolute Gasteiger partial charge is 0.342 e. The van der Waals surface area contributed by atoms with Crippen LogP contribution in [0.15, 0.2) is 0 Å². The molecule has 0 amide bonds. The lowest BCUT2D eigenvalue weighted by molar-refractivity contribution is 0.594. The Kier molecular flexibility index (Phi) is 4.10. The first kappa shape index (κ1) is 6.96. The third-order valence-electron chi connectivity index (χ3n) is 0.729. The van der Waals surface area contributed by atoms with Gasteiger partial charge in [0.05, 0.1) is 0 Å². The van der Waals surface area contributed by atoms with Gasteiger partial charge in [0.25, 0.3) is 0 Å². The fourth-order valence-corrected chi connectivity index (χ4v) is 0.391. The number of hydrogen-bond donors (Lipinski definition) is 1. The molecule has 0 atom stereocenters. The van der Waals surface area contributed by atoms with E-state index in [1.165, 1.54) is 0 Å². The maximum atomic E-state index is 3.70. The highest BCUT2D eigenvalue weighted by Crippen LogP contribution is 1.75. The summed E-state index contributed by atoms with van der Waals surface area (Å²) in [6, 6.07) is 0.613. The molecule has 0 saturated heterocycles. The summed E-state index contributed by atoms with van der Waals surface area (Å²) in [5.41, 5.74) is 0.